The first-order valence-electron chi connectivity index (χ1n) is 6.12. The lowest BCUT2D eigenvalue weighted by Crippen LogP contribution is -2.37. The van der Waals surface area contributed by atoms with E-state index in [9.17, 15) is 0 Å². The first-order valence-corrected chi connectivity index (χ1v) is 6.12. The van der Waals surface area contributed by atoms with Crippen LogP contribution in [0.15, 0.2) is 12.4 Å². The molecule has 2 rings (SSSR count). The third-order valence-corrected chi connectivity index (χ3v) is 3.26. The molecular formula is C12H20N4O. The zero-order chi connectivity index (χ0) is 12.1. The van der Waals surface area contributed by atoms with E-state index in [1.165, 1.54) is 0 Å². The Hall–Kier alpha value is -1.20. The van der Waals surface area contributed by atoms with Crippen LogP contribution in [0, 0.1) is 0 Å². The number of rotatable bonds is 4. The molecule has 17 heavy (non-hydrogen) atoms. The average molecular weight is 236 g/mol. The summed E-state index contributed by atoms with van der Waals surface area (Å²) in [5.41, 5.74) is 6.75. The van der Waals surface area contributed by atoms with E-state index in [-0.39, 0.29) is 0 Å². The summed E-state index contributed by atoms with van der Waals surface area (Å²) in [4.78, 5) is 8.40. The molecule has 0 spiro atoms. The normalized spacial score (nSPS) is 24.6. The molecular weight excluding hydrogens is 216 g/mol. The van der Waals surface area contributed by atoms with E-state index < -0.39 is 0 Å². The molecule has 0 amide bonds. The average Bonchev–Trinajstić information content (AvgIpc) is 2.38. The van der Waals surface area contributed by atoms with Crippen molar-refractivity contribution in [1.82, 2.24) is 15.3 Å². The number of hydrogen-bond acceptors (Lipinski definition) is 5. The Morgan fingerprint density at radius 2 is 2.00 bits per heavy atom. The molecule has 0 saturated heterocycles. The zero-order valence-electron chi connectivity index (χ0n) is 10.2. The molecule has 1 aliphatic rings. The summed E-state index contributed by atoms with van der Waals surface area (Å²) in [5, 5.41) is 3.50. The van der Waals surface area contributed by atoms with E-state index in [1.807, 2.05) is 0 Å². The summed E-state index contributed by atoms with van der Waals surface area (Å²) in [6, 6.07) is 0.931. The highest BCUT2D eigenvalue weighted by molar-refractivity contribution is 5.16. The molecule has 0 radical (unpaired) electrons. The number of methoxy groups -OCH3 is 1. The second-order valence-electron chi connectivity index (χ2n) is 4.50. The van der Waals surface area contributed by atoms with E-state index in [0.717, 1.165) is 31.4 Å². The second-order valence-corrected chi connectivity index (χ2v) is 4.50. The Kier molecular flexibility index (Phi) is 4.28. The predicted molar refractivity (Wildman–Crippen MR) is 65.7 cm³/mol. The predicted octanol–water partition coefficient (Wildman–Crippen LogP) is 0.845. The van der Waals surface area contributed by atoms with Crippen LogP contribution in [-0.4, -0.2) is 29.2 Å². The van der Waals surface area contributed by atoms with Gasteiger partial charge in [-0.15, -0.1) is 0 Å². The van der Waals surface area contributed by atoms with E-state index in [2.05, 4.69) is 15.3 Å². The van der Waals surface area contributed by atoms with E-state index in [0.29, 0.717) is 24.5 Å². The van der Waals surface area contributed by atoms with E-state index in [4.69, 9.17) is 10.5 Å². The van der Waals surface area contributed by atoms with Crippen molar-refractivity contribution in [2.75, 3.05) is 7.11 Å². The minimum atomic E-state index is 0.388. The van der Waals surface area contributed by atoms with E-state index in [1.54, 1.807) is 19.5 Å². The van der Waals surface area contributed by atoms with Crippen molar-refractivity contribution in [1.29, 1.82) is 0 Å². The number of hydrogen-bond donors (Lipinski definition) is 2. The molecule has 0 aromatic carbocycles. The van der Waals surface area contributed by atoms with Gasteiger partial charge in [-0.25, -0.2) is 4.98 Å². The number of ether oxygens (including phenoxy) is 1. The van der Waals surface area contributed by atoms with Gasteiger partial charge in [0.1, 0.15) is 5.69 Å². The monoisotopic (exact) mass is 236 g/mol. The van der Waals surface area contributed by atoms with Crippen LogP contribution in [0.1, 0.15) is 31.4 Å². The molecule has 5 heteroatoms. The van der Waals surface area contributed by atoms with Gasteiger partial charge in [-0.1, -0.05) is 0 Å². The van der Waals surface area contributed by atoms with Gasteiger partial charge in [0.2, 0.25) is 5.88 Å². The van der Waals surface area contributed by atoms with Crippen molar-refractivity contribution in [3.8, 4) is 5.88 Å². The Morgan fingerprint density at radius 3 is 2.71 bits per heavy atom. The minimum Gasteiger partial charge on any atom is -0.480 e. The Balaban J connectivity index is 1.85. The largest absolute Gasteiger partial charge is 0.480 e. The van der Waals surface area contributed by atoms with Gasteiger partial charge in [-0.3, -0.25) is 4.98 Å². The highest BCUT2D eigenvalue weighted by Gasteiger charge is 2.18. The van der Waals surface area contributed by atoms with Crippen LogP contribution in [-0.2, 0) is 6.54 Å². The number of aromatic nitrogens is 2. The zero-order valence-corrected chi connectivity index (χ0v) is 10.2. The first kappa shape index (κ1) is 12.3. The van der Waals surface area contributed by atoms with Crippen molar-refractivity contribution >= 4 is 0 Å². The first-order chi connectivity index (χ1) is 8.29. The molecule has 1 heterocycles. The lowest BCUT2D eigenvalue weighted by atomic mass is 9.92. The van der Waals surface area contributed by atoms with Crippen LogP contribution < -0.4 is 15.8 Å². The molecule has 1 aliphatic carbocycles. The van der Waals surface area contributed by atoms with Crippen LogP contribution >= 0.6 is 0 Å². The number of nitrogens with zero attached hydrogens (tertiary/aromatic N) is 2. The van der Waals surface area contributed by atoms with Gasteiger partial charge >= 0.3 is 0 Å². The maximum Gasteiger partial charge on any atom is 0.236 e. The van der Waals surface area contributed by atoms with Crippen LogP contribution in [0.3, 0.4) is 0 Å². The summed E-state index contributed by atoms with van der Waals surface area (Å²) in [6.45, 7) is 0.705. The summed E-state index contributed by atoms with van der Waals surface area (Å²) >= 11 is 0. The van der Waals surface area contributed by atoms with Gasteiger partial charge in [-0.05, 0) is 25.7 Å². The van der Waals surface area contributed by atoms with Gasteiger partial charge in [0.15, 0.2) is 0 Å². The SMILES string of the molecule is COc1nccnc1CNC1CCC(N)CC1. The van der Waals surface area contributed by atoms with Crippen molar-refractivity contribution in [3.63, 3.8) is 0 Å². The quantitative estimate of drug-likeness (QED) is 0.810. The molecule has 94 valence electrons. The molecule has 1 aromatic rings. The van der Waals surface area contributed by atoms with Crippen LogP contribution in [0.5, 0.6) is 5.88 Å². The van der Waals surface area contributed by atoms with Crippen molar-refractivity contribution in [2.45, 2.75) is 44.3 Å². The summed E-state index contributed by atoms with van der Waals surface area (Å²) in [5.74, 6) is 0.604. The fourth-order valence-electron chi connectivity index (χ4n) is 2.21. The molecule has 0 bridgehead atoms. The molecule has 5 nitrogen and oxygen atoms in total. The van der Waals surface area contributed by atoms with Crippen LogP contribution in [0.2, 0.25) is 0 Å². The smallest absolute Gasteiger partial charge is 0.236 e. The fraction of sp³-hybridized carbons (Fsp3) is 0.667. The van der Waals surface area contributed by atoms with Crippen molar-refractivity contribution in [3.05, 3.63) is 18.1 Å². The standard InChI is InChI=1S/C12H20N4O/c1-17-12-11(14-6-7-15-12)8-16-10-4-2-9(13)3-5-10/h6-7,9-10,16H,2-5,8,13H2,1H3. The third kappa shape index (κ3) is 3.38. The Bertz CT molecular complexity index is 350. The van der Waals surface area contributed by atoms with Gasteiger partial charge < -0.3 is 15.8 Å². The maximum atomic E-state index is 5.88. The number of nitrogens with two attached hydrogens (primary N) is 1. The van der Waals surface area contributed by atoms with Gasteiger partial charge in [0.05, 0.1) is 7.11 Å². The van der Waals surface area contributed by atoms with Gasteiger partial charge in [-0.2, -0.15) is 0 Å². The summed E-state index contributed by atoms with van der Waals surface area (Å²) in [7, 11) is 1.62. The Morgan fingerprint density at radius 1 is 1.29 bits per heavy atom. The van der Waals surface area contributed by atoms with Crippen LogP contribution in [0.25, 0.3) is 0 Å². The number of nitrogens with one attached hydrogen (secondary N) is 1. The Labute approximate surface area is 102 Å². The highest BCUT2D eigenvalue weighted by Crippen LogP contribution is 2.18. The fourth-order valence-corrected chi connectivity index (χ4v) is 2.21. The van der Waals surface area contributed by atoms with E-state index >= 15 is 0 Å². The summed E-state index contributed by atoms with van der Waals surface area (Å²) in [6.07, 6.45) is 7.83. The minimum absolute atomic E-state index is 0.388. The highest BCUT2D eigenvalue weighted by atomic mass is 16.5. The molecule has 0 unspecified atom stereocenters. The topological polar surface area (TPSA) is 73.1 Å². The van der Waals surface area contributed by atoms with Gasteiger partial charge in [0.25, 0.3) is 0 Å². The summed E-state index contributed by atoms with van der Waals surface area (Å²) < 4.78 is 5.17. The third-order valence-electron chi connectivity index (χ3n) is 3.26. The molecule has 3 N–H and O–H groups in total. The van der Waals surface area contributed by atoms with Crippen LogP contribution in [0.4, 0.5) is 0 Å². The van der Waals surface area contributed by atoms with Crippen molar-refractivity contribution < 1.29 is 4.74 Å². The lowest BCUT2D eigenvalue weighted by molar-refractivity contribution is 0.335. The van der Waals surface area contributed by atoms with Gasteiger partial charge in [0, 0.05) is 31.0 Å². The molecule has 0 atom stereocenters. The molecule has 1 aromatic heterocycles. The molecule has 0 aliphatic heterocycles. The maximum absolute atomic E-state index is 5.88. The second kappa shape index (κ2) is 5.93. The van der Waals surface area contributed by atoms with Crippen molar-refractivity contribution in [2.24, 2.45) is 5.73 Å². The molecule has 1 saturated carbocycles. The molecule has 1 fully saturated rings. The lowest BCUT2D eigenvalue weighted by Gasteiger charge is -2.26.